The summed E-state index contributed by atoms with van der Waals surface area (Å²) in [6.07, 6.45) is 1.56. The fraction of sp³-hybridized carbons (Fsp3) is 0.875. The first-order valence-corrected chi connectivity index (χ1v) is 4.13. The highest BCUT2D eigenvalue weighted by Gasteiger charge is 2.12. The molecule has 0 aromatic rings. The highest BCUT2D eigenvalue weighted by atomic mass is 16.6. The maximum Gasteiger partial charge on any atom is 0.322 e. The Labute approximate surface area is 73.0 Å². The van der Waals surface area contributed by atoms with Crippen LogP contribution in [0.3, 0.4) is 0 Å². The van der Waals surface area contributed by atoms with Gasteiger partial charge in [-0.15, -0.1) is 0 Å². The van der Waals surface area contributed by atoms with E-state index >= 15 is 0 Å². The minimum Gasteiger partial charge on any atom is -0.462 e. The zero-order valence-corrected chi connectivity index (χ0v) is 7.71. The Kier molecular flexibility index (Phi) is 6.70. The molecule has 0 saturated heterocycles. The second kappa shape index (κ2) is 7.06. The van der Waals surface area contributed by atoms with E-state index < -0.39 is 6.04 Å². The molecule has 0 amide bonds. The molecule has 0 aliphatic heterocycles. The van der Waals surface area contributed by atoms with Crippen molar-refractivity contribution < 1.29 is 14.3 Å². The third-order valence-electron chi connectivity index (χ3n) is 1.43. The van der Waals surface area contributed by atoms with Gasteiger partial charge in [0.25, 0.3) is 0 Å². The zero-order chi connectivity index (χ0) is 9.40. The van der Waals surface area contributed by atoms with Gasteiger partial charge in [0.05, 0.1) is 6.61 Å². The van der Waals surface area contributed by atoms with Crippen LogP contribution in [0.15, 0.2) is 0 Å². The average molecular weight is 175 g/mol. The van der Waals surface area contributed by atoms with Gasteiger partial charge in [0.15, 0.2) is 0 Å². The molecule has 0 rings (SSSR count). The second-order valence-corrected chi connectivity index (χ2v) is 2.56. The molecule has 0 saturated carbocycles. The summed E-state index contributed by atoms with van der Waals surface area (Å²) < 4.78 is 9.52. The fourth-order valence-corrected chi connectivity index (χ4v) is 0.761. The molecule has 0 aliphatic carbocycles. The molecule has 12 heavy (non-hydrogen) atoms. The lowest BCUT2D eigenvalue weighted by Crippen LogP contribution is -2.32. The monoisotopic (exact) mass is 175 g/mol. The van der Waals surface area contributed by atoms with Crippen molar-refractivity contribution in [3.8, 4) is 0 Å². The van der Waals surface area contributed by atoms with Gasteiger partial charge in [0.1, 0.15) is 12.6 Å². The summed E-state index contributed by atoms with van der Waals surface area (Å²) in [5.74, 6) is -0.339. The molecule has 0 unspecified atom stereocenters. The third-order valence-corrected chi connectivity index (χ3v) is 1.43. The lowest BCUT2D eigenvalue weighted by molar-refractivity contribution is -0.146. The Morgan fingerprint density at radius 1 is 1.50 bits per heavy atom. The highest BCUT2D eigenvalue weighted by Crippen LogP contribution is 1.95. The van der Waals surface area contributed by atoms with Crippen molar-refractivity contribution in [1.82, 2.24) is 0 Å². The first kappa shape index (κ1) is 11.4. The van der Waals surface area contributed by atoms with Crippen molar-refractivity contribution >= 4 is 5.97 Å². The molecular weight excluding hydrogens is 158 g/mol. The highest BCUT2D eigenvalue weighted by molar-refractivity contribution is 5.75. The number of carbonyl (C=O) groups excluding carboxylic acids is 1. The van der Waals surface area contributed by atoms with Crippen LogP contribution >= 0.6 is 0 Å². The van der Waals surface area contributed by atoms with Crippen LogP contribution in [-0.2, 0) is 14.3 Å². The van der Waals surface area contributed by atoms with Crippen LogP contribution in [0.1, 0.15) is 19.8 Å². The van der Waals surface area contributed by atoms with E-state index in [1.807, 2.05) is 6.92 Å². The van der Waals surface area contributed by atoms with Gasteiger partial charge in [0, 0.05) is 7.11 Å². The van der Waals surface area contributed by atoms with Crippen molar-refractivity contribution in [2.24, 2.45) is 5.73 Å². The minimum atomic E-state index is -0.480. The SMILES string of the molecule is CCC[C@@H](N)C(=O)OCCOC. The Morgan fingerprint density at radius 2 is 2.17 bits per heavy atom. The van der Waals surface area contributed by atoms with Gasteiger partial charge in [0.2, 0.25) is 0 Å². The van der Waals surface area contributed by atoms with E-state index in [9.17, 15) is 4.79 Å². The Hall–Kier alpha value is -0.610. The summed E-state index contributed by atoms with van der Waals surface area (Å²) in [4.78, 5) is 11.0. The molecule has 72 valence electrons. The summed E-state index contributed by atoms with van der Waals surface area (Å²) in [6, 6.07) is -0.480. The lowest BCUT2D eigenvalue weighted by atomic mass is 10.2. The number of nitrogens with two attached hydrogens (primary N) is 1. The number of carbonyl (C=O) groups is 1. The van der Waals surface area contributed by atoms with Gasteiger partial charge in [-0.3, -0.25) is 4.79 Å². The maximum atomic E-state index is 11.0. The number of hydrogen-bond acceptors (Lipinski definition) is 4. The van der Waals surface area contributed by atoms with Crippen LogP contribution in [0.4, 0.5) is 0 Å². The standard InChI is InChI=1S/C8H17NO3/c1-3-4-7(9)8(10)12-6-5-11-2/h7H,3-6,9H2,1-2H3/t7-/m1/s1. The van der Waals surface area contributed by atoms with Crippen LogP contribution in [-0.4, -0.2) is 32.3 Å². The van der Waals surface area contributed by atoms with Crippen molar-refractivity contribution in [3.05, 3.63) is 0 Å². The van der Waals surface area contributed by atoms with E-state index in [2.05, 4.69) is 0 Å². The van der Waals surface area contributed by atoms with Gasteiger partial charge in [-0.2, -0.15) is 0 Å². The summed E-state index contributed by atoms with van der Waals surface area (Å²) in [6.45, 7) is 2.68. The second-order valence-electron chi connectivity index (χ2n) is 2.56. The number of methoxy groups -OCH3 is 1. The normalized spacial score (nSPS) is 12.6. The molecule has 0 radical (unpaired) electrons. The smallest absolute Gasteiger partial charge is 0.322 e. The molecule has 0 spiro atoms. The third kappa shape index (κ3) is 5.09. The summed E-state index contributed by atoms with van der Waals surface area (Å²) >= 11 is 0. The number of rotatable bonds is 6. The summed E-state index contributed by atoms with van der Waals surface area (Å²) in [5.41, 5.74) is 5.49. The number of hydrogen-bond donors (Lipinski definition) is 1. The number of esters is 1. The van der Waals surface area contributed by atoms with Crippen molar-refractivity contribution in [2.45, 2.75) is 25.8 Å². The van der Waals surface area contributed by atoms with Gasteiger partial charge in [-0.1, -0.05) is 13.3 Å². The fourth-order valence-electron chi connectivity index (χ4n) is 0.761. The van der Waals surface area contributed by atoms with E-state index in [0.717, 1.165) is 6.42 Å². The van der Waals surface area contributed by atoms with Gasteiger partial charge in [-0.25, -0.2) is 0 Å². The Bertz CT molecular complexity index is 127. The Morgan fingerprint density at radius 3 is 2.67 bits per heavy atom. The first-order valence-electron chi connectivity index (χ1n) is 4.13. The van der Waals surface area contributed by atoms with E-state index in [-0.39, 0.29) is 12.6 Å². The molecule has 1 atom stereocenters. The lowest BCUT2D eigenvalue weighted by Gasteiger charge is -2.09. The molecule has 0 aromatic heterocycles. The summed E-state index contributed by atoms with van der Waals surface area (Å²) in [5, 5.41) is 0. The largest absolute Gasteiger partial charge is 0.462 e. The van der Waals surface area contributed by atoms with E-state index in [0.29, 0.717) is 13.0 Å². The predicted octanol–water partition coefficient (Wildman–Crippen LogP) is 0.303. The van der Waals surface area contributed by atoms with E-state index in [4.69, 9.17) is 15.2 Å². The maximum absolute atomic E-state index is 11.0. The molecule has 0 aliphatic rings. The van der Waals surface area contributed by atoms with E-state index in [1.54, 1.807) is 7.11 Å². The number of ether oxygens (including phenoxy) is 2. The molecule has 0 bridgehead atoms. The molecule has 2 N–H and O–H groups in total. The molecule has 0 aromatic carbocycles. The molecule has 0 fully saturated rings. The van der Waals surface area contributed by atoms with Crippen LogP contribution in [0.25, 0.3) is 0 Å². The van der Waals surface area contributed by atoms with Crippen LogP contribution in [0, 0.1) is 0 Å². The Balaban J connectivity index is 3.43. The quantitative estimate of drug-likeness (QED) is 0.466. The van der Waals surface area contributed by atoms with Gasteiger partial charge < -0.3 is 15.2 Å². The zero-order valence-electron chi connectivity index (χ0n) is 7.71. The van der Waals surface area contributed by atoms with Crippen LogP contribution in [0.5, 0.6) is 0 Å². The van der Waals surface area contributed by atoms with Crippen LogP contribution < -0.4 is 5.73 Å². The minimum absolute atomic E-state index is 0.284. The van der Waals surface area contributed by atoms with Gasteiger partial charge in [-0.05, 0) is 6.42 Å². The predicted molar refractivity (Wildman–Crippen MR) is 45.7 cm³/mol. The topological polar surface area (TPSA) is 61.6 Å². The van der Waals surface area contributed by atoms with Crippen molar-refractivity contribution in [2.75, 3.05) is 20.3 Å². The average Bonchev–Trinajstić information content (AvgIpc) is 2.05. The van der Waals surface area contributed by atoms with Gasteiger partial charge >= 0.3 is 5.97 Å². The van der Waals surface area contributed by atoms with Crippen LogP contribution in [0.2, 0.25) is 0 Å². The van der Waals surface area contributed by atoms with E-state index in [1.165, 1.54) is 0 Å². The first-order chi connectivity index (χ1) is 5.72. The molecular formula is C8H17NO3. The van der Waals surface area contributed by atoms with Crippen molar-refractivity contribution in [1.29, 1.82) is 0 Å². The molecule has 4 nitrogen and oxygen atoms in total. The summed E-state index contributed by atoms with van der Waals surface area (Å²) in [7, 11) is 1.56. The van der Waals surface area contributed by atoms with Crippen molar-refractivity contribution in [3.63, 3.8) is 0 Å². The molecule has 4 heteroatoms. The molecule has 0 heterocycles.